The number of benzene rings is 1. The lowest BCUT2D eigenvalue weighted by molar-refractivity contribution is 0.0947. The molecule has 0 saturated heterocycles. The van der Waals surface area contributed by atoms with E-state index in [1.165, 1.54) is 26.4 Å². The molecule has 0 amide bonds. The van der Waals surface area contributed by atoms with Gasteiger partial charge in [-0.25, -0.2) is 27.8 Å². The van der Waals surface area contributed by atoms with Gasteiger partial charge in [-0.1, -0.05) is 6.07 Å². The van der Waals surface area contributed by atoms with E-state index in [2.05, 4.69) is 25.1 Å². The SMILES string of the molecule is COc1cccc(-c2nnc(CS(=O)(=O)[C@@H](C)[C@H](OC)c3ncc(C)cn3)n2-c2ccc(F)c(C)c2)n1. The van der Waals surface area contributed by atoms with E-state index in [4.69, 9.17) is 9.47 Å². The molecule has 2 atom stereocenters. The number of aryl methyl sites for hydroxylation is 2. The number of ether oxygens (including phenoxy) is 2. The molecule has 37 heavy (non-hydrogen) atoms. The third kappa shape index (κ3) is 5.49. The summed E-state index contributed by atoms with van der Waals surface area (Å²) < 4.78 is 53.5. The Morgan fingerprint density at radius 1 is 1.05 bits per heavy atom. The fourth-order valence-corrected chi connectivity index (χ4v) is 5.24. The topological polar surface area (TPSA) is 122 Å². The summed E-state index contributed by atoms with van der Waals surface area (Å²) in [5.41, 5.74) is 2.13. The Balaban J connectivity index is 1.78. The molecule has 0 aliphatic carbocycles. The third-order valence-corrected chi connectivity index (χ3v) is 7.96. The normalized spacial score (nSPS) is 13.4. The van der Waals surface area contributed by atoms with Crippen LogP contribution in [0.1, 0.15) is 35.8 Å². The second-order valence-corrected chi connectivity index (χ2v) is 10.9. The molecule has 0 aliphatic rings. The second-order valence-electron chi connectivity index (χ2n) is 8.56. The Kier molecular flexibility index (Phi) is 7.60. The zero-order valence-corrected chi connectivity index (χ0v) is 21.9. The van der Waals surface area contributed by atoms with Gasteiger partial charge in [0.05, 0.1) is 12.4 Å². The molecule has 3 aromatic heterocycles. The Morgan fingerprint density at radius 3 is 2.43 bits per heavy atom. The predicted molar refractivity (Wildman–Crippen MR) is 134 cm³/mol. The van der Waals surface area contributed by atoms with Crippen molar-refractivity contribution >= 4 is 9.84 Å². The lowest BCUT2D eigenvalue weighted by Gasteiger charge is -2.21. The zero-order chi connectivity index (χ0) is 26.7. The van der Waals surface area contributed by atoms with Crippen LogP contribution in [0.4, 0.5) is 4.39 Å². The number of aromatic nitrogens is 6. The van der Waals surface area contributed by atoms with Gasteiger partial charge in [0.25, 0.3) is 0 Å². The van der Waals surface area contributed by atoms with E-state index >= 15 is 0 Å². The van der Waals surface area contributed by atoms with Gasteiger partial charge in [0.15, 0.2) is 27.3 Å². The standard InChI is InChI=1S/C25H27FN6O4S/c1-15-12-27-24(28-13-15)23(36-5)17(3)37(33,34)14-21-30-31-25(20-7-6-8-22(29-20)35-4)32(21)18-9-10-19(26)16(2)11-18/h6-13,17,23H,14H2,1-5H3/t17-,23-/m0/s1. The number of methoxy groups -OCH3 is 2. The molecular weight excluding hydrogens is 499 g/mol. The Labute approximate surface area is 214 Å². The molecule has 194 valence electrons. The summed E-state index contributed by atoms with van der Waals surface area (Å²) in [6.07, 6.45) is 2.32. The van der Waals surface area contributed by atoms with Gasteiger partial charge in [-0.3, -0.25) is 4.57 Å². The molecule has 1 aromatic carbocycles. The highest BCUT2D eigenvalue weighted by Gasteiger charge is 2.34. The minimum Gasteiger partial charge on any atom is -0.481 e. The van der Waals surface area contributed by atoms with Crippen molar-refractivity contribution in [3.05, 3.63) is 77.4 Å². The first-order chi connectivity index (χ1) is 17.6. The van der Waals surface area contributed by atoms with Gasteiger partial charge in [-0.15, -0.1) is 10.2 Å². The summed E-state index contributed by atoms with van der Waals surface area (Å²) in [5.74, 6) is 0.187. The van der Waals surface area contributed by atoms with E-state index in [0.29, 0.717) is 22.8 Å². The molecule has 0 unspecified atom stereocenters. The molecule has 0 spiro atoms. The van der Waals surface area contributed by atoms with Crippen molar-refractivity contribution in [3.8, 4) is 23.1 Å². The van der Waals surface area contributed by atoms with Crippen LogP contribution in [0.25, 0.3) is 17.2 Å². The van der Waals surface area contributed by atoms with Gasteiger partial charge in [0, 0.05) is 31.3 Å². The maximum Gasteiger partial charge on any atom is 0.213 e. The van der Waals surface area contributed by atoms with Gasteiger partial charge in [-0.05, 0) is 56.2 Å². The molecule has 12 heteroatoms. The fraction of sp³-hybridized carbons (Fsp3) is 0.320. The van der Waals surface area contributed by atoms with Crippen molar-refractivity contribution in [3.63, 3.8) is 0 Å². The monoisotopic (exact) mass is 526 g/mol. The van der Waals surface area contributed by atoms with Crippen molar-refractivity contribution in [2.24, 2.45) is 0 Å². The third-order valence-electron chi connectivity index (χ3n) is 5.92. The minimum absolute atomic E-state index is 0.136. The van der Waals surface area contributed by atoms with Crippen LogP contribution in [0.2, 0.25) is 0 Å². The van der Waals surface area contributed by atoms with E-state index < -0.39 is 26.9 Å². The van der Waals surface area contributed by atoms with Crippen molar-refractivity contribution < 1.29 is 22.3 Å². The first-order valence-corrected chi connectivity index (χ1v) is 13.1. The summed E-state index contributed by atoms with van der Waals surface area (Å²) in [4.78, 5) is 12.9. The smallest absolute Gasteiger partial charge is 0.213 e. The van der Waals surface area contributed by atoms with Crippen LogP contribution >= 0.6 is 0 Å². The summed E-state index contributed by atoms with van der Waals surface area (Å²) in [6.45, 7) is 5.00. The number of pyridine rings is 1. The maximum absolute atomic E-state index is 14.1. The van der Waals surface area contributed by atoms with Crippen LogP contribution in [0.3, 0.4) is 0 Å². The average molecular weight is 527 g/mol. The number of nitrogens with zero attached hydrogens (tertiary/aromatic N) is 6. The molecule has 4 rings (SSSR count). The first-order valence-electron chi connectivity index (χ1n) is 11.4. The van der Waals surface area contributed by atoms with E-state index in [-0.39, 0.29) is 23.3 Å². The van der Waals surface area contributed by atoms with Gasteiger partial charge < -0.3 is 9.47 Å². The average Bonchev–Trinajstić information content (AvgIpc) is 3.30. The highest BCUT2D eigenvalue weighted by Crippen LogP contribution is 2.29. The van der Waals surface area contributed by atoms with Gasteiger partial charge in [-0.2, -0.15) is 0 Å². The van der Waals surface area contributed by atoms with E-state index in [9.17, 15) is 12.8 Å². The number of hydrogen-bond donors (Lipinski definition) is 0. The molecule has 4 aromatic rings. The van der Waals surface area contributed by atoms with Gasteiger partial charge >= 0.3 is 0 Å². The highest BCUT2D eigenvalue weighted by atomic mass is 32.2. The van der Waals surface area contributed by atoms with Crippen molar-refractivity contribution in [1.29, 1.82) is 0 Å². The Morgan fingerprint density at radius 2 is 1.78 bits per heavy atom. The zero-order valence-electron chi connectivity index (χ0n) is 21.1. The summed E-state index contributed by atoms with van der Waals surface area (Å²) in [7, 11) is -0.958. The maximum atomic E-state index is 14.1. The quantitative estimate of drug-likeness (QED) is 0.322. The van der Waals surface area contributed by atoms with Crippen molar-refractivity contribution in [1.82, 2.24) is 29.7 Å². The van der Waals surface area contributed by atoms with Crippen LogP contribution in [-0.4, -0.2) is 57.6 Å². The highest BCUT2D eigenvalue weighted by molar-refractivity contribution is 7.91. The van der Waals surface area contributed by atoms with Gasteiger partial charge in [0.2, 0.25) is 5.88 Å². The van der Waals surface area contributed by atoms with E-state index in [1.54, 1.807) is 55.1 Å². The molecule has 0 fully saturated rings. The lowest BCUT2D eigenvalue weighted by Crippen LogP contribution is -2.30. The molecule has 0 aliphatic heterocycles. The van der Waals surface area contributed by atoms with Gasteiger partial charge in [0.1, 0.15) is 23.4 Å². The molecule has 0 N–H and O–H groups in total. The van der Waals surface area contributed by atoms with Crippen LogP contribution < -0.4 is 4.74 Å². The lowest BCUT2D eigenvalue weighted by atomic mass is 10.2. The van der Waals surface area contributed by atoms with E-state index in [0.717, 1.165) is 5.56 Å². The van der Waals surface area contributed by atoms with E-state index in [1.807, 2.05) is 6.92 Å². The first kappa shape index (κ1) is 26.3. The number of sulfone groups is 1. The molecule has 3 heterocycles. The minimum atomic E-state index is -3.86. The summed E-state index contributed by atoms with van der Waals surface area (Å²) in [5, 5.41) is 7.45. The van der Waals surface area contributed by atoms with Crippen molar-refractivity contribution in [2.75, 3.05) is 14.2 Å². The largest absolute Gasteiger partial charge is 0.481 e. The van der Waals surface area contributed by atoms with Crippen LogP contribution in [0.5, 0.6) is 5.88 Å². The number of rotatable bonds is 9. The number of hydrogen-bond acceptors (Lipinski definition) is 9. The summed E-state index contributed by atoms with van der Waals surface area (Å²) >= 11 is 0. The number of halogens is 1. The molecule has 0 saturated carbocycles. The van der Waals surface area contributed by atoms with Crippen LogP contribution in [0, 0.1) is 19.7 Å². The summed E-state index contributed by atoms with van der Waals surface area (Å²) in [6, 6.07) is 9.56. The Hall–Kier alpha value is -3.77. The molecule has 0 radical (unpaired) electrons. The predicted octanol–water partition coefficient (Wildman–Crippen LogP) is 3.57. The van der Waals surface area contributed by atoms with Crippen LogP contribution in [0.15, 0.2) is 48.8 Å². The van der Waals surface area contributed by atoms with Crippen molar-refractivity contribution in [2.45, 2.75) is 37.9 Å². The Bertz CT molecular complexity index is 1510. The molecule has 0 bridgehead atoms. The molecule has 10 nitrogen and oxygen atoms in total. The second kappa shape index (κ2) is 10.7. The van der Waals surface area contributed by atoms with Crippen LogP contribution in [-0.2, 0) is 20.3 Å². The fourth-order valence-electron chi connectivity index (χ4n) is 3.82. The molecular formula is C25H27FN6O4S.